The van der Waals surface area contributed by atoms with Gasteiger partial charge in [-0.3, -0.25) is 19.2 Å². The Bertz CT molecular complexity index is 1500. The second-order valence-electron chi connectivity index (χ2n) is 10.4. The number of anilines is 1. The van der Waals surface area contributed by atoms with E-state index in [9.17, 15) is 19.2 Å². The van der Waals surface area contributed by atoms with E-state index in [1.165, 1.54) is 30.6 Å². The third kappa shape index (κ3) is 14.3. The molecule has 0 aliphatic carbocycles. The van der Waals surface area contributed by atoms with Gasteiger partial charge < -0.3 is 55.6 Å². The van der Waals surface area contributed by atoms with Gasteiger partial charge in [-0.15, -0.1) is 11.3 Å². The van der Waals surface area contributed by atoms with E-state index >= 15 is 0 Å². The maximum atomic E-state index is 13.5. The lowest BCUT2D eigenvalue weighted by Gasteiger charge is -2.20. The van der Waals surface area contributed by atoms with Gasteiger partial charge in [0.25, 0.3) is 11.8 Å². The zero-order valence-corrected chi connectivity index (χ0v) is 28.3. The van der Waals surface area contributed by atoms with Crippen LogP contribution in [0, 0.1) is 6.92 Å². The molecule has 0 radical (unpaired) electrons. The summed E-state index contributed by atoms with van der Waals surface area (Å²) in [5, 5.41) is 14.8. The number of benzene rings is 1. The summed E-state index contributed by atoms with van der Waals surface area (Å²) in [6.45, 7) is 3.56. The van der Waals surface area contributed by atoms with Crippen molar-refractivity contribution in [2.45, 2.75) is 25.8 Å². The first-order valence-corrected chi connectivity index (χ1v) is 16.3. The highest BCUT2D eigenvalue weighted by atomic mass is 32.1. The summed E-state index contributed by atoms with van der Waals surface area (Å²) in [6.07, 6.45) is 1.05. The molecule has 2 heterocycles. The number of rotatable bonds is 24. The molecule has 3 rings (SSSR count). The van der Waals surface area contributed by atoms with Gasteiger partial charge in [0.2, 0.25) is 11.8 Å². The first kappa shape index (κ1) is 39.0. The first-order chi connectivity index (χ1) is 23.7. The van der Waals surface area contributed by atoms with E-state index in [2.05, 4.69) is 26.1 Å². The number of aryl methyl sites for hydroxylation is 1. The Morgan fingerprint density at radius 2 is 1.73 bits per heavy atom. The third-order valence-corrected chi connectivity index (χ3v) is 7.28. The lowest BCUT2D eigenvalue weighted by Crippen LogP contribution is -2.39. The molecule has 17 nitrogen and oxygen atoms in total. The second kappa shape index (κ2) is 21.5. The highest BCUT2D eigenvalue weighted by molar-refractivity contribution is 7.09. The van der Waals surface area contributed by atoms with Gasteiger partial charge in [0.1, 0.15) is 24.7 Å². The van der Waals surface area contributed by atoms with Crippen molar-refractivity contribution in [3.63, 3.8) is 0 Å². The molecular weight excluding hydrogens is 662 g/mol. The smallest absolute Gasteiger partial charge is 0.277 e. The molecule has 1 unspecified atom stereocenters. The van der Waals surface area contributed by atoms with Gasteiger partial charge in [-0.1, -0.05) is 5.16 Å². The number of methoxy groups -OCH3 is 1. The predicted octanol–water partition coefficient (Wildman–Crippen LogP) is 0.873. The Labute approximate surface area is 287 Å². The van der Waals surface area contributed by atoms with Crippen LogP contribution >= 0.6 is 11.3 Å². The number of aromatic nitrogens is 2. The third-order valence-electron chi connectivity index (χ3n) is 6.51. The van der Waals surface area contributed by atoms with Crippen LogP contribution in [0.15, 0.2) is 34.2 Å². The zero-order chi connectivity index (χ0) is 35.4. The summed E-state index contributed by atoms with van der Waals surface area (Å²) < 4.78 is 32.4. The summed E-state index contributed by atoms with van der Waals surface area (Å²) in [7, 11) is 1.42. The number of nitrogens with two attached hydrogens (primary N) is 2. The van der Waals surface area contributed by atoms with Gasteiger partial charge in [0.15, 0.2) is 11.5 Å². The van der Waals surface area contributed by atoms with Gasteiger partial charge in [0.05, 0.1) is 56.8 Å². The summed E-state index contributed by atoms with van der Waals surface area (Å²) in [5.41, 5.74) is 11.6. The van der Waals surface area contributed by atoms with Crippen molar-refractivity contribution in [2.75, 3.05) is 78.4 Å². The van der Waals surface area contributed by atoms with Crippen LogP contribution in [-0.4, -0.2) is 113 Å². The van der Waals surface area contributed by atoms with E-state index < -0.39 is 23.8 Å². The number of ether oxygens (including phenoxy) is 5. The normalized spacial score (nSPS) is 11.6. The number of carbonyl (C=O) groups is 4. The minimum absolute atomic E-state index is 0.0377. The molecule has 4 amide bonds. The predicted molar refractivity (Wildman–Crippen MR) is 178 cm³/mol. The Balaban J connectivity index is 1.56. The average Bonchev–Trinajstić information content (AvgIpc) is 3.75. The molecular formula is C31H43N7O10S. The lowest BCUT2D eigenvalue weighted by atomic mass is 10.1. The SMILES string of the molecule is COc1ccc(NC(=O)c2cc(-c3csc(C)n3)on2)cc1C(=O)NC(CCOCCOCC(=O)NCCCN)COCCOCC(N)=O. The van der Waals surface area contributed by atoms with E-state index in [1.54, 1.807) is 17.5 Å². The number of primary amides is 1. The molecule has 0 saturated carbocycles. The topological polar surface area (TPSA) is 241 Å². The molecule has 0 aliphatic heterocycles. The van der Waals surface area contributed by atoms with E-state index in [-0.39, 0.29) is 75.8 Å². The van der Waals surface area contributed by atoms with Crippen LogP contribution < -0.4 is 32.2 Å². The molecule has 3 aromatic rings. The molecule has 7 N–H and O–H groups in total. The molecule has 18 heteroatoms. The standard InChI is InChI=1S/C31H43N7O10S/c1-20-35-25(19-49-20)27-15-24(38-48-27)31(42)36-21-4-5-26(43-2)23(14-21)30(41)37-22(16-45-12-13-46-17-28(33)39)6-9-44-10-11-47-18-29(40)34-8-3-7-32/h4-5,14-15,19,22H,3,6-13,16-18,32H2,1-2H3,(H2,33,39)(H,34,40)(H,36,42)(H,37,41). The maximum Gasteiger partial charge on any atom is 0.277 e. The summed E-state index contributed by atoms with van der Waals surface area (Å²) >= 11 is 1.45. The van der Waals surface area contributed by atoms with Crippen molar-refractivity contribution in [2.24, 2.45) is 11.5 Å². The molecule has 0 spiro atoms. The highest BCUT2D eigenvalue weighted by Crippen LogP contribution is 2.25. The molecule has 0 aliphatic rings. The fourth-order valence-corrected chi connectivity index (χ4v) is 4.71. The number of hydrogen-bond donors (Lipinski definition) is 5. The van der Waals surface area contributed by atoms with Crippen LogP contribution in [0.1, 0.15) is 38.7 Å². The first-order valence-electron chi connectivity index (χ1n) is 15.5. The van der Waals surface area contributed by atoms with Gasteiger partial charge >= 0.3 is 0 Å². The van der Waals surface area contributed by atoms with Gasteiger partial charge in [-0.2, -0.15) is 0 Å². The quantitative estimate of drug-likeness (QED) is 0.0814. The minimum atomic E-state index is -0.595. The van der Waals surface area contributed by atoms with Crippen molar-refractivity contribution in [3.05, 3.63) is 45.9 Å². The van der Waals surface area contributed by atoms with Crippen molar-refractivity contribution < 1.29 is 47.4 Å². The molecule has 0 bridgehead atoms. The van der Waals surface area contributed by atoms with Crippen LogP contribution in [0.4, 0.5) is 5.69 Å². The average molecular weight is 706 g/mol. The lowest BCUT2D eigenvalue weighted by molar-refractivity contribution is -0.126. The molecule has 1 aromatic carbocycles. The number of thiazole rings is 1. The molecule has 1 atom stereocenters. The van der Waals surface area contributed by atoms with Crippen LogP contribution in [-0.2, 0) is 28.5 Å². The molecule has 0 saturated heterocycles. The number of nitrogens with one attached hydrogen (secondary N) is 3. The van der Waals surface area contributed by atoms with Gasteiger partial charge in [0, 0.05) is 30.3 Å². The van der Waals surface area contributed by atoms with Crippen molar-refractivity contribution >= 4 is 40.7 Å². The zero-order valence-electron chi connectivity index (χ0n) is 27.5. The Kier molecular flexibility index (Phi) is 17.1. The van der Waals surface area contributed by atoms with E-state index in [0.29, 0.717) is 43.1 Å². The number of hydrogen-bond acceptors (Lipinski definition) is 14. The summed E-state index contributed by atoms with van der Waals surface area (Å²) in [4.78, 5) is 53.3. The molecule has 0 fully saturated rings. The van der Waals surface area contributed by atoms with E-state index in [0.717, 1.165) is 5.01 Å². The van der Waals surface area contributed by atoms with Crippen LogP contribution in [0.25, 0.3) is 11.5 Å². The maximum absolute atomic E-state index is 13.5. The Hall–Kier alpha value is -4.46. The largest absolute Gasteiger partial charge is 0.496 e. The number of carbonyl (C=O) groups excluding carboxylic acids is 4. The number of nitrogens with zero attached hydrogens (tertiary/aromatic N) is 2. The van der Waals surface area contributed by atoms with Crippen molar-refractivity contribution in [1.29, 1.82) is 0 Å². The fraction of sp³-hybridized carbons (Fsp3) is 0.484. The van der Waals surface area contributed by atoms with Crippen LogP contribution in [0.3, 0.4) is 0 Å². The van der Waals surface area contributed by atoms with E-state index in [1.807, 2.05) is 6.92 Å². The molecule has 2 aromatic heterocycles. The Morgan fingerprint density at radius 1 is 0.980 bits per heavy atom. The van der Waals surface area contributed by atoms with Gasteiger partial charge in [-0.05, 0) is 44.5 Å². The second-order valence-corrected chi connectivity index (χ2v) is 11.5. The van der Waals surface area contributed by atoms with Crippen LogP contribution in [0.5, 0.6) is 5.75 Å². The monoisotopic (exact) mass is 705 g/mol. The molecule has 268 valence electrons. The van der Waals surface area contributed by atoms with Gasteiger partial charge in [-0.25, -0.2) is 4.98 Å². The molecule has 49 heavy (non-hydrogen) atoms. The summed E-state index contributed by atoms with van der Waals surface area (Å²) in [6, 6.07) is 5.60. The fourth-order valence-electron chi connectivity index (χ4n) is 4.11. The number of amides is 4. The van der Waals surface area contributed by atoms with Crippen LogP contribution in [0.2, 0.25) is 0 Å². The Morgan fingerprint density at radius 3 is 2.45 bits per heavy atom. The minimum Gasteiger partial charge on any atom is -0.496 e. The summed E-state index contributed by atoms with van der Waals surface area (Å²) in [5.74, 6) is -1.23. The van der Waals surface area contributed by atoms with Crippen molar-refractivity contribution in [3.8, 4) is 17.2 Å². The van der Waals surface area contributed by atoms with Crippen molar-refractivity contribution in [1.82, 2.24) is 20.8 Å². The highest BCUT2D eigenvalue weighted by Gasteiger charge is 2.20. The van der Waals surface area contributed by atoms with E-state index in [4.69, 9.17) is 39.7 Å².